The van der Waals surface area contributed by atoms with Crippen molar-refractivity contribution in [2.75, 3.05) is 11.9 Å². The van der Waals surface area contributed by atoms with Crippen LogP contribution in [0.15, 0.2) is 24.3 Å². The fourth-order valence-corrected chi connectivity index (χ4v) is 2.49. The van der Waals surface area contributed by atoms with Crippen LogP contribution >= 0.6 is 0 Å². The van der Waals surface area contributed by atoms with Gasteiger partial charge in [0.15, 0.2) is 0 Å². The predicted molar refractivity (Wildman–Crippen MR) is 87.2 cm³/mol. The Hall–Kier alpha value is -1.88. The molecule has 1 aliphatic rings. The van der Waals surface area contributed by atoms with E-state index in [0.29, 0.717) is 13.0 Å². The van der Waals surface area contributed by atoms with E-state index in [9.17, 15) is 9.59 Å². The maximum Gasteiger partial charge on any atom is 0.228 e. The van der Waals surface area contributed by atoms with Crippen molar-refractivity contribution in [1.82, 2.24) is 4.90 Å². The van der Waals surface area contributed by atoms with E-state index in [0.717, 1.165) is 30.6 Å². The lowest BCUT2D eigenvalue weighted by Crippen LogP contribution is -2.35. The molecule has 0 aromatic heterocycles. The van der Waals surface area contributed by atoms with Gasteiger partial charge in [-0.25, -0.2) is 0 Å². The number of rotatable bonds is 5. The third kappa shape index (κ3) is 4.31. The molecule has 1 fully saturated rings. The van der Waals surface area contributed by atoms with E-state index in [2.05, 4.69) is 5.32 Å². The van der Waals surface area contributed by atoms with Gasteiger partial charge in [-0.1, -0.05) is 19.1 Å². The number of piperidine rings is 1. The molecular formula is C17H25N3O2. The van der Waals surface area contributed by atoms with Gasteiger partial charge in [0.1, 0.15) is 0 Å². The van der Waals surface area contributed by atoms with Gasteiger partial charge in [-0.05, 0) is 37.5 Å². The smallest absolute Gasteiger partial charge is 0.228 e. The number of benzene rings is 1. The second-order valence-electron chi connectivity index (χ2n) is 6.11. The second kappa shape index (κ2) is 7.40. The van der Waals surface area contributed by atoms with Crippen LogP contribution in [0.4, 0.5) is 5.69 Å². The predicted octanol–water partition coefficient (Wildman–Crippen LogP) is 2.12. The highest BCUT2D eigenvalue weighted by Crippen LogP contribution is 2.17. The van der Waals surface area contributed by atoms with Crippen LogP contribution in [0.5, 0.6) is 0 Å². The Bertz CT molecular complexity index is 542. The summed E-state index contributed by atoms with van der Waals surface area (Å²) >= 11 is 0. The first-order valence-corrected chi connectivity index (χ1v) is 7.90. The summed E-state index contributed by atoms with van der Waals surface area (Å²) in [6, 6.07) is 7.47. The average Bonchev–Trinajstić information content (AvgIpc) is 2.49. The van der Waals surface area contributed by atoms with Crippen LogP contribution in [0.3, 0.4) is 0 Å². The fraction of sp³-hybridized carbons (Fsp3) is 0.529. The lowest BCUT2D eigenvalue weighted by Gasteiger charge is -2.27. The lowest BCUT2D eigenvalue weighted by molar-refractivity contribution is -0.133. The van der Waals surface area contributed by atoms with Crippen molar-refractivity contribution in [2.24, 2.45) is 11.7 Å². The quantitative estimate of drug-likeness (QED) is 0.875. The van der Waals surface area contributed by atoms with Gasteiger partial charge in [0, 0.05) is 31.2 Å². The van der Waals surface area contributed by atoms with Crippen molar-refractivity contribution in [2.45, 2.75) is 45.7 Å². The van der Waals surface area contributed by atoms with Gasteiger partial charge < -0.3 is 16.0 Å². The van der Waals surface area contributed by atoms with Crippen molar-refractivity contribution in [1.29, 1.82) is 0 Å². The van der Waals surface area contributed by atoms with E-state index in [1.54, 1.807) is 0 Å². The SMILES string of the molecule is CC(N)C(C)C(=O)Nc1cccc(CN2CCCCC2=O)c1. The molecule has 22 heavy (non-hydrogen) atoms. The number of carbonyl (C=O) groups excluding carboxylic acids is 2. The van der Waals surface area contributed by atoms with E-state index in [-0.39, 0.29) is 23.8 Å². The lowest BCUT2D eigenvalue weighted by atomic mass is 10.0. The molecule has 2 atom stereocenters. The molecule has 1 heterocycles. The number of amides is 2. The minimum Gasteiger partial charge on any atom is -0.338 e. The van der Waals surface area contributed by atoms with E-state index < -0.39 is 0 Å². The van der Waals surface area contributed by atoms with Gasteiger partial charge in [-0.2, -0.15) is 0 Å². The molecule has 2 amide bonds. The van der Waals surface area contributed by atoms with Gasteiger partial charge >= 0.3 is 0 Å². The van der Waals surface area contributed by atoms with E-state index in [4.69, 9.17) is 5.73 Å². The Morgan fingerprint density at radius 2 is 2.14 bits per heavy atom. The van der Waals surface area contributed by atoms with Crippen molar-refractivity contribution in [3.05, 3.63) is 29.8 Å². The molecule has 1 saturated heterocycles. The molecule has 5 heteroatoms. The number of hydrogen-bond donors (Lipinski definition) is 2. The van der Waals surface area contributed by atoms with Crippen LogP contribution in [0.2, 0.25) is 0 Å². The van der Waals surface area contributed by atoms with Crippen LogP contribution in [0.25, 0.3) is 0 Å². The van der Waals surface area contributed by atoms with E-state index in [1.807, 2.05) is 43.0 Å². The zero-order chi connectivity index (χ0) is 16.1. The highest BCUT2D eigenvalue weighted by Gasteiger charge is 2.19. The maximum atomic E-state index is 12.1. The van der Waals surface area contributed by atoms with Gasteiger partial charge in [0.2, 0.25) is 11.8 Å². The highest BCUT2D eigenvalue weighted by atomic mass is 16.2. The number of nitrogens with two attached hydrogens (primary N) is 1. The molecule has 1 aliphatic heterocycles. The molecule has 0 radical (unpaired) electrons. The minimum absolute atomic E-state index is 0.0822. The minimum atomic E-state index is -0.243. The zero-order valence-corrected chi connectivity index (χ0v) is 13.3. The average molecular weight is 303 g/mol. The third-order valence-electron chi connectivity index (χ3n) is 4.19. The van der Waals surface area contributed by atoms with E-state index in [1.165, 1.54) is 0 Å². The molecule has 2 rings (SSSR count). The first kappa shape index (κ1) is 16.5. The molecule has 0 aliphatic carbocycles. The summed E-state index contributed by atoms with van der Waals surface area (Å²) in [6.45, 7) is 5.06. The number of carbonyl (C=O) groups is 2. The number of nitrogens with one attached hydrogen (secondary N) is 1. The first-order chi connectivity index (χ1) is 10.5. The Morgan fingerprint density at radius 1 is 1.36 bits per heavy atom. The normalized spacial score (nSPS) is 18.0. The molecule has 1 aromatic carbocycles. The molecular weight excluding hydrogens is 278 g/mol. The van der Waals surface area contributed by atoms with Crippen LogP contribution in [0, 0.1) is 5.92 Å². The van der Waals surface area contributed by atoms with Crippen molar-refractivity contribution >= 4 is 17.5 Å². The Morgan fingerprint density at radius 3 is 2.82 bits per heavy atom. The molecule has 0 bridgehead atoms. The first-order valence-electron chi connectivity index (χ1n) is 7.90. The molecule has 0 spiro atoms. The molecule has 0 saturated carbocycles. The van der Waals surface area contributed by atoms with Crippen LogP contribution < -0.4 is 11.1 Å². The Labute approximate surface area is 131 Å². The third-order valence-corrected chi connectivity index (χ3v) is 4.19. The summed E-state index contributed by atoms with van der Waals surface area (Å²) < 4.78 is 0. The van der Waals surface area contributed by atoms with Crippen LogP contribution in [-0.2, 0) is 16.1 Å². The Kier molecular flexibility index (Phi) is 5.55. The molecule has 5 nitrogen and oxygen atoms in total. The summed E-state index contributed by atoms with van der Waals surface area (Å²) in [5.41, 5.74) is 7.53. The van der Waals surface area contributed by atoms with Gasteiger partial charge in [-0.15, -0.1) is 0 Å². The largest absolute Gasteiger partial charge is 0.338 e. The molecule has 3 N–H and O–H groups in total. The van der Waals surface area contributed by atoms with Crippen molar-refractivity contribution in [3.8, 4) is 0 Å². The maximum absolute atomic E-state index is 12.1. The van der Waals surface area contributed by atoms with E-state index >= 15 is 0 Å². The summed E-state index contributed by atoms with van der Waals surface area (Å²) in [5.74, 6) is -0.111. The van der Waals surface area contributed by atoms with Crippen LogP contribution in [0.1, 0.15) is 38.7 Å². The molecule has 2 unspecified atom stereocenters. The molecule has 1 aromatic rings. The topological polar surface area (TPSA) is 75.4 Å². The number of likely N-dealkylation sites (tertiary alicyclic amines) is 1. The second-order valence-corrected chi connectivity index (χ2v) is 6.11. The summed E-state index contributed by atoms with van der Waals surface area (Å²) in [5, 5.41) is 2.89. The summed E-state index contributed by atoms with van der Waals surface area (Å²) in [7, 11) is 0. The highest BCUT2D eigenvalue weighted by molar-refractivity contribution is 5.92. The Balaban J connectivity index is 2.00. The van der Waals surface area contributed by atoms with Gasteiger partial charge in [-0.3, -0.25) is 9.59 Å². The monoisotopic (exact) mass is 303 g/mol. The van der Waals surface area contributed by atoms with Crippen molar-refractivity contribution in [3.63, 3.8) is 0 Å². The number of nitrogens with zero attached hydrogens (tertiary/aromatic N) is 1. The fourth-order valence-electron chi connectivity index (χ4n) is 2.49. The standard InChI is InChI=1S/C17H25N3O2/c1-12(13(2)18)17(22)19-15-7-5-6-14(10-15)11-20-9-4-3-8-16(20)21/h5-7,10,12-13H,3-4,8-9,11,18H2,1-2H3,(H,19,22). The number of hydrogen-bond acceptors (Lipinski definition) is 3. The van der Waals surface area contributed by atoms with Gasteiger partial charge in [0.25, 0.3) is 0 Å². The number of anilines is 1. The summed E-state index contributed by atoms with van der Waals surface area (Å²) in [6.07, 6.45) is 2.69. The van der Waals surface area contributed by atoms with Crippen molar-refractivity contribution < 1.29 is 9.59 Å². The zero-order valence-electron chi connectivity index (χ0n) is 13.3. The summed E-state index contributed by atoms with van der Waals surface area (Å²) in [4.78, 5) is 25.8. The molecule has 120 valence electrons. The van der Waals surface area contributed by atoms with Crippen LogP contribution in [-0.4, -0.2) is 29.3 Å². The van der Waals surface area contributed by atoms with Gasteiger partial charge in [0.05, 0.1) is 5.92 Å².